The van der Waals surface area contributed by atoms with E-state index in [1.807, 2.05) is 70.2 Å². The second-order valence-electron chi connectivity index (χ2n) is 6.65. The van der Waals surface area contributed by atoms with Gasteiger partial charge in [-0.05, 0) is 35.6 Å². The minimum atomic E-state index is -0.164. The lowest BCUT2D eigenvalue weighted by atomic mass is 10.1. The molecule has 152 valence electrons. The van der Waals surface area contributed by atoms with Crippen molar-refractivity contribution >= 4 is 39.6 Å². The van der Waals surface area contributed by atoms with Crippen molar-refractivity contribution in [3.05, 3.63) is 76.1 Å². The topological polar surface area (TPSA) is 76.0 Å². The number of anilines is 1. The molecule has 0 saturated heterocycles. The van der Waals surface area contributed by atoms with Gasteiger partial charge in [0.2, 0.25) is 5.91 Å². The third-order valence-corrected chi connectivity index (χ3v) is 6.16. The zero-order chi connectivity index (χ0) is 20.9. The summed E-state index contributed by atoms with van der Waals surface area (Å²) >= 11 is 2.81. The van der Waals surface area contributed by atoms with E-state index >= 15 is 0 Å². The smallest absolute Gasteiger partial charge is 0.269 e. The first-order valence-corrected chi connectivity index (χ1v) is 11.2. The van der Waals surface area contributed by atoms with E-state index in [1.165, 1.54) is 29.6 Å². The lowest BCUT2D eigenvalue weighted by Crippen LogP contribution is -2.22. The fraction of sp³-hybridized carbons (Fsp3) is 0.136. The molecular weight excluding hydrogens is 416 g/mol. The number of carbonyl (C=O) groups excluding carboxylic acids is 2. The Kier molecular flexibility index (Phi) is 6.06. The summed E-state index contributed by atoms with van der Waals surface area (Å²) in [5.41, 5.74) is 3.81. The largest absolute Gasteiger partial charge is 0.356 e. The predicted molar refractivity (Wildman–Crippen MR) is 122 cm³/mol. The van der Waals surface area contributed by atoms with Gasteiger partial charge in [-0.2, -0.15) is 0 Å². The molecular formula is C22H20N4O2S2. The molecule has 0 atom stereocenters. The van der Waals surface area contributed by atoms with Gasteiger partial charge in [0.25, 0.3) is 5.91 Å². The van der Waals surface area contributed by atoms with Crippen LogP contribution in [0.2, 0.25) is 0 Å². The van der Waals surface area contributed by atoms with Gasteiger partial charge in [-0.1, -0.05) is 24.3 Å². The molecule has 0 bridgehead atoms. The van der Waals surface area contributed by atoms with Crippen molar-refractivity contribution in [1.29, 1.82) is 0 Å². The molecule has 0 spiro atoms. The Hall–Kier alpha value is -3.23. The van der Waals surface area contributed by atoms with Gasteiger partial charge in [0.1, 0.15) is 4.88 Å². The Morgan fingerprint density at radius 2 is 1.83 bits per heavy atom. The SMILES string of the molecule is CC(=O)NCCc1ccc(-c2csc(NC(=O)c3sccc3-n3cccc3)n2)cc1. The van der Waals surface area contributed by atoms with Crippen molar-refractivity contribution in [2.75, 3.05) is 11.9 Å². The quantitative estimate of drug-likeness (QED) is 0.445. The molecule has 4 aromatic rings. The zero-order valence-electron chi connectivity index (χ0n) is 16.3. The van der Waals surface area contributed by atoms with Crippen molar-refractivity contribution in [2.24, 2.45) is 0 Å². The highest BCUT2D eigenvalue weighted by molar-refractivity contribution is 7.15. The average Bonchev–Trinajstić information content (AvgIpc) is 3.49. The molecule has 0 saturated carbocycles. The monoisotopic (exact) mass is 436 g/mol. The predicted octanol–water partition coefficient (Wildman–Crippen LogP) is 4.59. The van der Waals surface area contributed by atoms with Crippen LogP contribution in [0.3, 0.4) is 0 Å². The van der Waals surface area contributed by atoms with E-state index < -0.39 is 0 Å². The molecule has 0 aliphatic rings. The molecule has 3 heterocycles. The highest BCUT2D eigenvalue weighted by Gasteiger charge is 2.16. The van der Waals surface area contributed by atoms with Crippen LogP contribution in [0, 0.1) is 0 Å². The van der Waals surface area contributed by atoms with Crippen LogP contribution >= 0.6 is 22.7 Å². The van der Waals surface area contributed by atoms with Crippen LogP contribution in [0.1, 0.15) is 22.2 Å². The molecule has 3 aromatic heterocycles. The third kappa shape index (κ3) is 4.67. The Labute approximate surface area is 182 Å². The molecule has 0 fully saturated rings. The standard InChI is InChI=1S/C22H20N4O2S2/c1-15(27)23-10-8-16-4-6-17(7-5-16)18-14-30-22(24-18)25-21(28)20-19(9-13-29-20)26-11-2-3-12-26/h2-7,9,11-14H,8,10H2,1H3,(H,23,27)(H,24,25,28). The second kappa shape index (κ2) is 9.06. The van der Waals surface area contributed by atoms with Crippen molar-refractivity contribution in [3.63, 3.8) is 0 Å². The fourth-order valence-electron chi connectivity index (χ4n) is 3.01. The van der Waals surface area contributed by atoms with Gasteiger partial charge in [0.05, 0.1) is 11.4 Å². The number of rotatable bonds is 7. The summed E-state index contributed by atoms with van der Waals surface area (Å²) in [6.45, 7) is 2.14. The van der Waals surface area contributed by atoms with Gasteiger partial charge in [-0.25, -0.2) is 4.98 Å². The first-order valence-electron chi connectivity index (χ1n) is 9.41. The van der Waals surface area contributed by atoms with E-state index in [0.717, 1.165) is 28.9 Å². The van der Waals surface area contributed by atoms with Crippen LogP contribution < -0.4 is 10.6 Å². The molecule has 30 heavy (non-hydrogen) atoms. The lowest BCUT2D eigenvalue weighted by molar-refractivity contribution is -0.118. The van der Waals surface area contributed by atoms with E-state index in [4.69, 9.17) is 0 Å². The summed E-state index contributed by atoms with van der Waals surface area (Å²) in [5, 5.41) is 10.1. The van der Waals surface area contributed by atoms with Crippen LogP contribution in [0.15, 0.2) is 65.6 Å². The lowest BCUT2D eigenvalue weighted by Gasteiger charge is -2.05. The zero-order valence-corrected chi connectivity index (χ0v) is 17.9. The average molecular weight is 437 g/mol. The number of amides is 2. The summed E-state index contributed by atoms with van der Waals surface area (Å²) in [5.74, 6) is -0.186. The summed E-state index contributed by atoms with van der Waals surface area (Å²) in [6, 6.07) is 13.9. The van der Waals surface area contributed by atoms with Crippen LogP contribution in [0.25, 0.3) is 16.9 Å². The number of hydrogen-bond donors (Lipinski definition) is 2. The van der Waals surface area contributed by atoms with Crippen molar-refractivity contribution in [2.45, 2.75) is 13.3 Å². The second-order valence-corrected chi connectivity index (χ2v) is 8.42. The molecule has 0 aliphatic heterocycles. The first kappa shape index (κ1) is 20.1. The summed E-state index contributed by atoms with van der Waals surface area (Å²) < 4.78 is 1.92. The molecule has 2 amide bonds. The van der Waals surface area contributed by atoms with E-state index in [9.17, 15) is 9.59 Å². The number of nitrogens with one attached hydrogen (secondary N) is 2. The third-order valence-electron chi connectivity index (χ3n) is 4.50. The van der Waals surface area contributed by atoms with E-state index in [1.54, 1.807) is 0 Å². The first-order chi connectivity index (χ1) is 14.6. The van der Waals surface area contributed by atoms with Crippen molar-refractivity contribution in [1.82, 2.24) is 14.9 Å². The molecule has 0 unspecified atom stereocenters. The number of carbonyl (C=O) groups is 2. The maximum atomic E-state index is 12.8. The van der Waals surface area contributed by atoms with Crippen molar-refractivity contribution < 1.29 is 9.59 Å². The van der Waals surface area contributed by atoms with Crippen LogP contribution in [-0.2, 0) is 11.2 Å². The van der Waals surface area contributed by atoms with E-state index in [2.05, 4.69) is 15.6 Å². The fourth-order valence-corrected chi connectivity index (χ4v) is 4.51. The summed E-state index contributed by atoms with van der Waals surface area (Å²) in [7, 11) is 0. The molecule has 4 rings (SSSR count). The maximum Gasteiger partial charge on any atom is 0.269 e. The molecule has 0 aliphatic carbocycles. The summed E-state index contributed by atoms with van der Waals surface area (Å²) in [4.78, 5) is 28.9. The molecule has 6 nitrogen and oxygen atoms in total. The number of aromatic nitrogens is 2. The highest BCUT2D eigenvalue weighted by Crippen LogP contribution is 2.27. The molecule has 1 aromatic carbocycles. The summed E-state index contributed by atoms with van der Waals surface area (Å²) in [6.07, 6.45) is 4.61. The Balaban J connectivity index is 1.42. The van der Waals surface area contributed by atoms with Crippen LogP contribution in [0.4, 0.5) is 5.13 Å². The number of benzene rings is 1. The highest BCUT2D eigenvalue weighted by atomic mass is 32.1. The number of thiazole rings is 1. The maximum absolute atomic E-state index is 12.8. The minimum absolute atomic E-state index is 0.0216. The Morgan fingerprint density at radius 1 is 1.07 bits per heavy atom. The van der Waals surface area contributed by atoms with E-state index in [0.29, 0.717) is 16.6 Å². The molecule has 0 radical (unpaired) electrons. The van der Waals surface area contributed by atoms with Crippen LogP contribution in [0.5, 0.6) is 0 Å². The van der Waals surface area contributed by atoms with Crippen molar-refractivity contribution in [3.8, 4) is 16.9 Å². The number of nitrogens with zero attached hydrogens (tertiary/aromatic N) is 2. The Morgan fingerprint density at radius 3 is 2.57 bits per heavy atom. The van der Waals surface area contributed by atoms with Gasteiger partial charge in [0, 0.05) is 36.8 Å². The number of hydrogen-bond acceptors (Lipinski definition) is 5. The molecule has 2 N–H and O–H groups in total. The Bertz CT molecular complexity index is 1140. The minimum Gasteiger partial charge on any atom is -0.356 e. The van der Waals surface area contributed by atoms with Crippen LogP contribution in [-0.4, -0.2) is 27.9 Å². The van der Waals surface area contributed by atoms with Gasteiger partial charge >= 0.3 is 0 Å². The normalized spacial score (nSPS) is 10.7. The van der Waals surface area contributed by atoms with E-state index in [-0.39, 0.29) is 11.8 Å². The molecule has 8 heteroatoms. The van der Waals surface area contributed by atoms with Gasteiger partial charge < -0.3 is 9.88 Å². The number of thiophene rings is 1. The van der Waals surface area contributed by atoms with Gasteiger partial charge in [-0.15, -0.1) is 22.7 Å². The van der Waals surface area contributed by atoms with Gasteiger partial charge in [-0.3, -0.25) is 14.9 Å². The van der Waals surface area contributed by atoms with Gasteiger partial charge in [0.15, 0.2) is 5.13 Å².